The SMILES string of the molecule is CCN(Cc1ccccn1)Cc1ccc(CN)cc1Br. The van der Waals surface area contributed by atoms with Crippen LogP contribution in [0.15, 0.2) is 47.1 Å². The van der Waals surface area contributed by atoms with Crippen molar-refractivity contribution in [1.29, 1.82) is 0 Å². The Hall–Kier alpha value is -1.23. The normalized spacial score (nSPS) is 11.0. The van der Waals surface area contributed by atoms with Crippen LogP contribution in [-0.4, -0.2) is 16.4 Å². The molecule has 106 valence electrons. The summed E-state index contributed by atoms with van der Waals surface area (Å²) in [5.74, 6) is 0. The second-order valence-corrected chi connectivity index (χ2v) is 5.61. The first kappa shape index (κ1) is 15.2. The van der Waals surface area contributed by atoms with Gasteiger partial charge in [-0.3, -0.25) is 9.88 Å². The molecule has 0 bridgehead atoms. The van der Waals surface area contributed by atoms with Gasteiger partial charge >= 0.3 is 0 Å². The fourth-order valence-corrected chi connectivity index (χ4v) is 2.64. The van der Waals surface area contributed by atoms with E-state index in [9.17, 15) is 0 Å². The molecule has 0 amide bonds. The second-order valence-electron chi connectivity index (χ2n) is 4.75. The summed E-state index contributed by atoms with van der Waals surface area (Å²) in [6.45, 7) is 5.50. The summed E-state index contributed by atoms with van der Waals surface area (Å²) in [5, 5.41) is 0. The predicted octanol–water partition coefficient (Wildman–Crippen LogP) is 3.32. The highest BCUT2D eigenvalue weighted by Gasteiger charge is 2.08. The second kappa shape index (κ2) is 7.53. The molecule has 2 N–H and O–H groups in total. The summed E-state index contributed by atoms with van der Waals surface area (Å²) in [7, 11) is 0. The van der Waals surface area contributed by atoms with Gasteiger partial charge in [-0.1, -0.05) is 41.1 Å². The maximum absolute atomic E-state index is 5.66. The van der Waals surface area contributed by atoms with Gasteiger partial charge in [0.25, 0.3) is 0 Å². The monoisotopic (exact) mass is 333 g/mol. The average Bonchev–Trinajstić information content (AvgIpc) is 2.49. The Labute approximate surface area is 129 Å². The minimum absolute atomic E-state index is 0.574. The molecule has 0 aliphatic carbocycles. The maximum Gasteiger partial charge on any atom is 0.0544 e. The molecular formula is C16H20BrN3. The molecule has 4 heteroatoms. The molecule has 20 heavy (non-hydrogen) atoms. The van der Waals surface area contributed by atoms with Crippen LogP contribution in [0.2, 0.25) is 0 Å². The van der Waals surface area contributed by atoms with Gasteiger partial charge in [-0.25, -0.2) is 0 Å². The first-order valence-corrected chi connectivity index (χ1v) is 7.62. The van der Waals surface area contributed by atoms with Crippen molar-refractivity contribution in [2.75, 3.05) is 6.54 Å². The summed E-state index contributed by atoms with van der Waals surface area (Å²) in [5.41, 5.74) is 9.18. The van der Waals surface area contributed by atoms with E-state index >= 15 is 0 Å². The van der Waals surface area contributed by atoms with Gasteiger partial charge in [0.05, 0.1) is 5.69 Å². The zero-order valence-corrected chi connectivity index (χ0v) is 13.3. The third-order valence-electron chi connectivity index (χ3n) is 3.31. The Kier molecular flexibility index (Phi) is 5.71. The molecule has 0 unspecified atom stereocenters. The summed E-state index contributed by atoms with van der Waals surface area (Å²) in [6, 6.07) is 12.4. The van der Waals surface area contributed by atoms with Crippen molar-refractivity contribution in [2.24, 2.45) is 5.73 Å². The van der Waals surface area contributed by atoms with Gasteiger partial charge in [-0.05, 0) is 35.9 Å². The first-order valence-electron chi connectivity index (χ1n) is 6.82. The zero-order chi connectivity index (χ0) is 14.4. The lowest BCUT2D eigenvalue weighted by Crippen LogP contribution is -2.23. The molecule has 0 aliphatic heterocycles. The molecule has 2 aromatic rings. The van der Waals surface area contributed by atoms with E-state index in [0.717, 1.165) is 35.4 Å². The summed E-state index contributed by atoms with van der Waals surface area (Å²) in [6.07, 6.45) is 1.84. The number of pyridine rings is 1. The number of hydrogen-bond donors (Lipinski definition) is 1. The Balaban J connectivity index is 2.06. The lowest BCUT2D eigenvalue weighted by Gasteiger charge is -2.21. The highest BCUT2D eigenvalue weighted by atomic mass is 79.9. The molecule has 0 saturated carbocycles. The first-order chi connectivity index (χ1) is 9.72. The number of aromatic nitrogens is 1. The molecule has 2 rings (SSSR count). The number of nitrogens with two attached hydrogens (primary N) is 1. The van der Waals surface area contributed by atoms with Gasteiger partial charge in [0.2, 0.25) is 0 Å². The van der Waals surface area contributed by atoms with E-state index in [1.807, 2.05) is 18.3 Å². The number of rotatable bonds is 6. The maximum atomic E-state index is 5.66. The van der Waals surface area contributed by atoms with Gasteiger partial charge in [-0.15, -0.1) is 0 Å². The minimum atomic E-state index is 0.574. The number of hydrogen-bond acceptors (Lipinski definition) is 3. The third-order valence-corrected chi connectivity index (χ3v) is 4.04. The highest BCUT2D eigenvalue weighted by molar-refractivity contribution is 9.10. The van der Waals surface area contributed by atoms with Crippen molar-refractivity contribution >= 4 is 15.9 Å². The van der Waals surface area contributed by atoms with Gasteiger partial charge < -0.3 is 5.73 Å². The summed E-state index contributed by atoms with van der Waals surface area (Å²) >= 11 is 3.63. The molecule has 3 nitrogen and oxygen atoms in total. The van der Waals surface area contributed by atoms with Crippen LogP contribution in [0.1, 0.15) is 23.7 Å². The lowest BCUT2D eigenvalue weighted by molar-refractivity contribution is 0.267. The molecule has 0 saturated heterocycles. The van der Waals surface area contributed by atoms with E-state index in [0.29, 0.717) is 6.54 Å². The van der Waals surface area contributed by atoms with Crippen molar-refractivity contribution in [1.82, 2.24) is 9.88 Å². The molecule has 1 aromatic heterocycles. The van der Waals surface area contributed by atoms with Crippen LogP contribution in [-0.2, 0) is 19.6 Å². The summed E-state index contributed by atoms with van der Waals surface area (Å²) in [4.78, 5) is 6.75. The topological polar surface area (TPSA) is 42.2 Å². The average molecular weight is 334 g/mol. The van der Waals surface area contributed by atoms with E-state index in [4.69, 9.17) is 5.73 Å². The van der Waals surface area contributed by atoms with Crippen molar-refractivity contribution in [3.63, 3.8) is 0 Å². The van der Waals surface area contributed by atoms with Crippen LogP contribution in [0.5, 0.6) is 0 Å². The van der Waals surface area contributed by atoms with Crippen molar-refractivity contribution in [3.8, 4) is 0 Å². The van der Waals surface area contributed by atoms with Gasteiger partial charge in [0.15, 0.2) is 0 Å². The van der Waals surface area contributed by atoms with Crippen LogP contribution in [0.3, 0.4) is 0 Å². The van der Waals surface area contributed by atoms with E-state index in [1.54, 1.807) is 0 Å². The van der Waals surface area contributed by atoms with Crippen LogP contribution in [0.4, 0.5) is 0 Å². The van der Waals surface area contributed by atoms with Crippen molar-refractivity contribution in [3.05, 3.63) is 63.9 Å². The smallest absolute Gasteiger partial charge is 0.0544 e. The van der Waals surface area contributed by atoms with Crippen LogP contribution < -0.4 is 5.73 Å². The Morgan fingerprint density at radius 3 is 2.65 bits per heavy atom. The lowest BCUT2D eigenvalue weighted by atomic mass is 10.1. The third kappa shape index (κ3) is 4.13. The standard InChI is InChI=1S/C16H20BrN3/c1-2-20(12-15-5-3-4-8-19-15)11-14-7-6-13(10-18)9-16(14)17/h3-9H,2,10-12,18H2,1H3. The quantitative estimate of drug-likeness (QED) is 0.881. The fraction of sp³-hybridized carbons (Fsp3) is 0.312. The van der Waals surface area contributed by atoms with E-state index in [1.165, 1.54) is 5.56 Å². The molecular weight excluding hydrogens is 314 g/mol. The van der Waals surface area contributed by atoms with E-state index in [2.05, 4.69) is 57.0 Å². The Morgan fingerprint density at radius 1 is 1.20 bits per heavy atom. The zero-order valence-electron chi connectivity index (χ0n) is 11.7. The Morgan fingerprint density at radius 2 is 2.05 bits per heavy atom. The largest absolute Gasteiger partial charge is 0.326 e. The van der Waals surface area contributed by atoms with Gasteiger partial charge in [-0.2, -0.15) is 0 Å². The number of halogens is 1. The molecule has 0 radical (unpaired) electrons. The fourth-order valence-electron chi connectivity index (χ4n) is 2.09. The molecule has 0 atom stereocenters. The Bertz CT molecular complexity index is 543. The molecule has 0 fully saturated rings. The van der Waals surface area contributed by atoms with Gasteiger partial charge in [0.1, 0.15) is 0 Å². The van der Waals surface area contributed by atoms with Crippen LogP contribution in [0, 0.1) is 0 Å². The van der Waals surface area contributed by atoms with Crippen LogP contribution >= 0.6 is 15.9 Å². The minimum Gasteiger partial charge on any atom is -0.326 e. The highest BCUT2D eigenvalue weighted by Crippen LogP contribution is 2.20. The predicted molar refractivity (Wildman–Crippen MR) is 86.1 cm³/mol. The van der Waals surface area contributed by atoms with Crippen molar-refractivity contribution in [2.45, 2.75) is 26.6 Å². The van der Waals surface area contributed by atoms with Crippen molar-refractivity contribution < 1.29 is 0 Å². The molecule has 0 aliphatic rings. The molecule has 1 heterocycles. The number of benzene rings is 1. The van der Waals surface area contributed by atoms with E-state index in [-0.39, 0.29) is 0 Å². The number of nitrogens with zero attached hydrogens (tertiary/aromatic N) is 2. The molecule has 1 aromatic carbocycles. The molecule has 0 spiro atoms. The van der Waals surface area contributed by atoms with Crippen LogP contribution in [0.25, 0.3) is 0 Å². The van der Waals surface area contributed by atoms with Gasteiger partial charge in [0, 0.05) is 30.3 Å². The summed E-state index contributed by atoms with van der Waals surface area (Å²) < 4.78 is 1.12. The van der Waals surface area contributed by atoms with E-state index < -0.39 is 0 Å².